The van der Waals surface area contributed by atoms with E-state index in [0.717, 1.165) is 66.7 Å². The number of nitrogens with zero attached hydrogens (tertiary/aromatic N) is 6. The zero-order chi connectivity index (χ0) is 20.5. The molecule has 0 aromatic carbocycles. The molecular formula is C20H29N7OS. The predicted molar refractivity (Wildman–Crippen MR) is 114 cm³/mol. The number of piperidine rings is 1. The summed E-state index contributed by atoms with van der Waals surface area (Å²) in [4.78, 5) is 26.0. The third kappa shape index (κ3) is 4.04. The van der Waals surface area contributed by atoms with Gasteiger partial charge in [0.15, 0.2) is 10.9 Å². The maximum absolute atomic E-state index is 12.0. The Kier molecular flexibility index (Phi) is 5.89. The van der Waals surface area contributed by atoms with Crippen LogP contribution < -0.4 is 5.73 Å². The molecule has 1 fully saturated rings. The van der Waals surface area contributed by atoms with E-state index in [0.29, 0.717) is 11.7 Å². The van der Waals surface area contributed by atoms with Crippen LogP contribution in [0.2, 0.25) is 0 Å². The standard InChI is InChI=1S/C20H29N7OS/c1-25(2)14-6-8-26(9-7-14)10-11-27-18-15(17(24-27)19(21)28)5-4-13-12-22-20(29-3)23-16(13)18/h12,14H,4-11H2,1-3H3,(H2,21,28). The topological polar surface area (TPSA) is 93.2 Å². The zero-order valence-corrected chi connectivity index (χ0v) is 18.2. The molecule has 0 saturated carbocycles. The fourth-order valence-corrected chi connectivity index (χ4v) is 4.73. The molecule has 0 atom stereocenters. The van der Waals surface area contributed by atoms with Crippen molar-refractivity contribution in [3.8, 4) is 11.4 Å². The molecule has 3 heterocycles. The quantitative estimate of drug-likeness (QED) is 0.561. The minimum Gasteiger partial charge on any atom is -0.364 e. The van der Waals surface area contributed by atoms with Crippen LogP contribution in [0.5, 0.6) is 0 Å². The third-order valence-corrected chi connectivity index (χ3v) is 6.65. The second-order valence-corrected chi connectivity index (χ2v) is 8.80. The summed E-state index contributed by atoms with van der Waals surface area (Å²) in [6, 6.07) is 0.665. The van der Waals surface area contributed by atoms with Crippen LogP contribution in [0.15, 0.2) is 11.4 Å². The number of likely N-dealkylation sites (tertiary alicyclic amines) is 1. The highest BCUT2D eigenvalue weighted by Gasteiger charge is 2.29. The predicted octanol–water partition coefficient (Wildman–Crippen LogP) is 1.29. The number of hydrogen-bond donors (Lipinski definition) is 1. The number of rotatable bonds is 6. The highest BCUT2D eigenvalue weighted by molar-refractivity contribution is 7.98. The van der Waals surface area contributed by atoms with Gasteiger partial charge in [0.05, 0.1) is 17.9 Å². The number of nitrogens with two attached hydrogens (primary N) is 1. The zero-order valence-electron chi connectivity index (χ0n) is 17.4. The number of aryl methyl sites for hydroxylation is 1. The lowest BCUT2D eigenvalue weighted by molar-refractivity contribution is 0.0993. The van der Waals surface area contributed by atoms with E-state index in [1.54, 1.807) is 0 Å². The van der Waals surface area contributed by atoms with Crippen molar-refractivity contribution in [1.29, 1.82) is 0 Å². The van der Waals surface area contributed by atoms with Crippen molar-refractivity contribution in [3.63, 3.8) is 0 Å². The monoisotopic (exact) mass is 415 g/mol. The fourth-order valence-electron chi connectivity index (χ4n) is 4.39. The molecule has 9 heteroatoms. The largest absolute Gasteiger partial charge is 0.364 e. The van der Waals surface area contributed by atoms with Crippen LogP contribution in [0, 0.1) is 0 Å². The number of hydrogen-bond acceptors (Lipinski definition) is 7. The lowest BCUT2D eigenvalue weighted by atomic mass is 9.93. The van der Waals surface area contributed by atoms with Crippen molar-refractivity contribution in [1.82, 2.24) is 29.5 Å². The average Bonchev–Trinajstić information content (AvgIpc) is 3.11. The Hall–Kier alpha value is -1.97. The summed E-state index contributed by atoms with van der Waals surface area (Å²) in [6.45, 7) is 3.80. The maximum Gasteiger partial charge on any atom is 0.269 e. The Morgan fingerprint density at radius 2 is 2.03 bits per heavy atom. The van der Waals surface area contributed by atoms with Gasteiger partial charge in [-0.15, -0.1) is 0 Å². The molecule has 2 aromatic heterocycles. The number of carbonyl (C=O) groups excluding carboxylic acids is 1. The van der Waals surface area contributed by atoms with Crippen LogP contribution in [0.3, 0.4) is 0 Å². The van der Waals surface area contributed by atoms with E-state index in [2.05, 4.69) is 34.0 Å². The summed E-state index contributed by atoms with van der Waals surface area (Å²) in [7, 11) is 4.31. The molecule has 156 valence electrons. The van der Waals surface area contributed by atoms with Crippen molar-refractivity contribution in [3.05, 3.63) is 23.0 Å². The number of thioether (sulfide) groups is 1. The second kappa shape index (κ2) is 8.41. The molecule has 1 saturated heterocycles. The van der Waals surface area contributed by atoms with Crippen molar-refractivity contribution < 1.29 is 4.79 Å². The fraction of sp³-hybridized carbons (Fsp3) is 0.600. The van der Waals surface area contributed by atoms with Crippen molar-refractivity contribution in [2.24, 2.45) is 5.73 Å². The SMILES string of the molecule is CSc1ncc2c(n1)-c1c(c(C(N)=O)nn1CCN1CCC(N(C)C)CC1)CC2. The van der Waals surface area contributed by atoms with Gasteiger partial charge in [-0.25, -0.2) is 9.97 Å². The van der Waals surface area contributed by atoms with Crippen LogP contribution in [0.1, 0.15) is 34.5 Å². The van der Waals surface area contributed by atoms with E-state index in [4.69, 9.17) is 10.7 Å². The molecule has 1 amide bonds. The smallest absolute Gasteiger partial charge is 0.269 e. The van der Waals surface area contributed by atoms with E-state index >= 15 is 0 Å². The molecule has 2 N–H and O–H groups in total. The van der Waals surface area contributed by atoms with Gasteiger partial charge >= 0.3 is 0 Å². The first kappa shape index (κ1) is 20.3. The number of carbonyl (C=O) groups is 1. The lowest BCUT2D eigenvalue weighted by Crippen LogP contribution is -2.43. The van der Waals surface area contributed by atoms with Crippen molar-refractivity contribution in [2.75, 3.05) is 40.0 Å². The van der Waals surface area contributed by atoms with Gasteiger partial charge in [-0.1, -0.05) is 11.8 Å². The summed E-state index contributed by atoms with van der Waals surface area (Å²) in [5.74, 6) is -0.464. The van der Waals surface area contributed by atoms with Gasteiger partial charge in [0.2, 0.25) is 0 Å². The number of fused-ring (bicyclic) bond motifs is 3. The average molecular weight is 416 g/mol. The molecule has 4 rings (SSSR count). The molecule has 2 aromatic rings. The van der Waals surface area contributed by atoms with Crippen LogP contribution in [-0.2, 0) is 19.4 Å². The third-order valence-electron chi connectivity index (χ3n) is 6.09. The molecule has 29 heavy (non-hydrogen) atoms. The Balaban J connectivity index is 1.59. The lowest BCUT2D eigenvalue weighted by Gasteiger charge is -2.35. The number of primary amides is 1. The van der Waals surface area contributed by atoms with Crippen molar-refractivity contribution >= 4 is 17.7 Å². The van der Waals surface area contributed by atoms with Gasteiger partial charge in [0.1, 0.15) is 0 Å². The minimum atomic E-state index is -0.464. The highest BCUT2D eigenvalue weighted by Crippen LogP contribution is 2.34. The Labute approximate surface area is 175 Å². The first-order chi connectivity index (χ1) is 14.0. The van der Waals surface area contributed by atoms with E-state index < -0.39 is 5.91 Å². The molecule has 2 aliphatic rings. The van der Waals surface area contributed by atoms with Crippen LogP contribution in [0.25, 0.3) is 11.4 Å². The first-order valence-corrected chi connectivity index (χ1v) is 11.4. The van der Waals surface area contributed by atoms with Crippen LogP contribution >= 0.6 is 11.8 Å². The molecule has 0 bridgehead atoms. The van der Waals surface area contributed by atoms with Gasteiger partial charge in [-0.2, -0.15) is 5.10 Å². The van der Waals surface area contributed by atoms with Gasteiger partial charge in [-0.3, -0.25) is 9.48 Å². The Morgan fingerprint density at radius 1 is 1.28 bits per heavy atom. The molecule has 0 radical (unpaired) electrons. The summed E-state index contributed by atoms with van der Waals surface area (Å²) in [6.07, 6.45) is 7.80. The first-order valence-electron chi connectivity index (χ1n) is 10.2. The van der Waals surface area contributed by atoms with E-state index in [1.807, 2.05) is 17.1 Å². The molecule has 0 unspecified atom stereocenters. The van der Waals surface area contributed by atoms with E-state index in [9.17, 15) is 4.79 Å². The van der Waals surface area contributed by atoms with E-state index in [-0.39, 0.29) is 0 Å². The molecular weight excluding hydrogens is 386 g/mol. The van der Waals surface area contributed by atoms with E-state index in [1.165, 1.54) is 24.6 Å². The van der Waals surface area contributed by atoms with Gasteiger partial charge in [-0.05, 0) is 64.7 Å². The summed E-state index contributed by atoms with van der Waals surface area (Å²) in [5, 5.41) is 5.35. The second-order valence-electron chi connectivity index (χ2n) is 8.03. The van der Waals surface area contributed by atoms with Crippen molar-refractivity contribution in [2.45, 2.75) is 43.4 Å². The van der Waals surface area contributed by atoms with Crippen LogP contribution in [0.4, 0.5) is 0 Å². The normalized spacial score (nSPS) is 17.4. The minimum absolute atomic E-state index is 0.390. The summed E-state index contributed by atoms with van der Waals surface area (Å²) < 4.78 is 1.95. The highest BCUT2D eigenvalue weighted by atomic mass is 32.2. The van der Waals surface area contributed by atoms with Gasteiger partial charge in [0.25, 0.3) is 5.91 Å². The number of amides is 1. The Bertz CT molecular complexity index is 902. The van der Waals surface area contributed by atoms with Gasteiger partial charge in [0, 0.05) is 24.3 Å². The van der Waals surface area contributed by atoms with Crippen LogP contribution in [-0.4, -0.2) is 81.5 Å². The molecule has 1 aliphatic heterocycles. The summed E-state index contributed by atoms with van der Waals surface area (Å²) in [5.41, 5.74) is 9.92. The molecule has 0 spiro atoms. The summed E-state index contributed by atoms with van der Waals surface area (Å²) >= 11 is 1.52. The molecule has 1 aliphatic carbocycles. The Morgan fingerprint density at radius 3 is 2.69 bits per heavy atom. The number of aromatic nitrogens is 4. The molecule has 8 nitrogen and oxygen atoms in total. The van der Waals surface area contributed by atoms with Gasteiger partial charge < -0.3 is 15.5 Å². The maximum atomic E-state index is 12.0.